The van der Waals surface area contributed by atoms with Crippen molar-refractivity contribution in [1.82, 2.24) is 9.21 Å². The van der Waals surface area contributed by atoms with Crippen LogP contribution in [0.2, 0.25) is 0 Å². The molecule has 0 aromatic heterocycles. The van der Waals surface area contributed by atoms with Crippen LogP contribution in [0.4, 0.5) is 0 Å². The number of rotatable bonds is 4. The third-order valence-electron chi connectivity index (χ3n) is 4.58. The van der Waals surface area contributed by atoms with Crippen LogP contribution in [0.5, 0.6) is 0 Å². The molecule has 2 fully saturated rings. The first-order chi connectivity index (χ1) is 10.0. The fourth-order valence-corrected chi connectivity index (χ4v) is 4.86. The molecule has 2 rings (SSSR count). The summed E-state index contributed by atoms with van der Waals surface area (Å²) in [5.41, 5.74) is 0. The SMILES string of the molecule is CCCS(=O)(=O)N1CCC(C(=O)N2CCCCCC2)CC1. The minimum Gasteiger partial charge on any atom is -0.342 e. The van der Waals surface area contributed by atoms with Gasteiger partial charge in [-0.3, -0.25) is 4.79 Å². The van der Waals surface area contributed by atoms with Gasteiger partial charge in [-0.05, 0) is 32.1 Å². The lowest BCUT2D eigenvalue weighted by Gasteiger charge is -2.33. The van der Waals surface area contributed by atoms with Crippen molar-refractivity contribution < 1.29 is 13.2 Å². The van der Waals surface area contributed by atoms with Gasteiger partial charge in [0, 0.05) is 32.1 Å². The molecule has 2 heterocycles. The standard InChI is InChI=1S/C15H28N2O3S/c1-2-13-21(19,20)17-11-7-14(8-12-17)15(18)16-9-5-3-4-6-10-16/h14H,2-13H2,1H3. The zero-order valence-electron chi connectivity index (χ0n) is 13.1. The van der Waals surface area contributed by atoms with Gasteiger partial charge in [0.1, 0.15) is 0 Å². The van der Waals surface area contributed by atoms with Gasteiger partial charge in [-0.2, -0.15) is 0 Å². The van der Waals surface area contributed by atoms with Crippen molar-refractivity contribution in [2.45, 2.75) is 51.9 Å². The predicted octanol–water partition coefficient (Wildman–Crippen LogP) is 1.84. The third kappa shape index (κ3) is 4.42. The summed E-state index contributed by atoms with van der Waals surface area (Å²) >= 11 is 0. The number of carbonyl (C=O) groups excluding carboxylic acids is 1. The maximum atomic E-state index is 12.5. The topological polar surface area (TPSA) is 57.7 Å². The first kappa shape index (κ1) is 16.7. The summed E-state index contributed by atoms with van der Waals surface area (Å²) in [6.45, 7) is 4.66. The van der Waals surface area contributed by atoms with Gasteiger partial charge in [-0.1, -0.05) is 19.8 Å². The van der Waals surface area contributed by atoms with Crippen molar-refractivity contribution in [2.75, 3.05) is 31.9 Å². The number of likely N-dealkylation sites (tertiary alicyclic amines) is 1. The summed E-state index contributed by atoms with van der Waals surface area (Å²) in [6, 6.07) is 0. The molecular weight excluding hydrogens is 288 g/mol. The Labute approximate surface area is 128 Å². The van der Waals surface area contributed by atoms with E-state index in [0.717, 1.165) is 25.9 Å². The molecule has 0 saturated carbocycles. The van der Waals surface area contributed by atoms with Crippen LogP contribution in [0.25, 0.3) is 0 Å². The van der Waals surface area contributed by atoms with Gasteiger partial charge < -0.3 is 4.90 Å². The zero-order chi connectivity index (χ0) is 15.3. The fourth-order valence-electron chi connectivity index (χ4n) is 3.32. The lowest BCUT2D eigenvalue weighted by molar-refractivity contribution is -0.136. The average molecular weight is 316 g/mol. The van der Waals surface area contributed by atoms with Gasteiger partial charge in [-0.15, -0.1) is 0 Å². The Balaban J connectivity index is 1.87. The van der Waals surface area contributed by atoms with Crippen LogP contribution in [0, 0.1) is 5.92 Å². The lowest BCUT2D eigenvalue weighted by Crippen LogP contribution is -2.45. The van der Waals surface area contributed by atoms with Crippen LogP contribution >= 0.6 is 0 Å². The molecule has 0 unspecified atom stereocenters. The van der Waals surface area contributed by atoms with Gasteiger partial charge in [-0.25, -0.2) is 12.7 Å². The lowest BCUT2D eigenvalue weighted by atomic mass is 9.96. The van der Waals surface area contributed by atoms with Gasteiger partial charge in [0.15, 0.2) is 0 Å². The molecule has 6 heteroatoms. The Morgan fingerprint density at radius 3 is 2.10 bits per heavy atom. The second-order valence-corrected chi connectivity index (χ2v) is 8.32. The van der Waals surface area contributed by atoms with E-state index in [1.807, 2.05) is 11.8 Å². The maximum Gasteiger partial charge on any atom is 0.225 e. The van der Waals surface area contributed by atoms with E-state index in [0.29, 0.717) is 32.4 Å². The van der Waals surface area contributed by atoms with Crippen LogP contribution < -0.4 is 0 Å². The van der Waals surface area contributed by atoms with Crippen LogP contribution in [0.3, 0.4) is 0 Å². The summed E-state index contributed by atoms with van der Waals surface area (Å²) in [4.78, 5) is 14.6. The molecule has 2 aliphatic heterocycles. The summed E-state index contributed by atoms with van der Waals surface area (Å²) in [7, 11) is -3.10. The van der Waals surface area contributed by atoms with Crippen molar-refractivity contribution >= 4 is 15.9 Å². The van der Waals surface area contributed by atoms with Crippen molar-refractivity contribution in [3.63, 3.8) is 0 Å². The molecule has 0 aromatic carbocycles. The van der Waals surface area contributed by atoms with Crippen molar-refractivity contribution in [3.05, 3.63) is 0 Å². The Hall–Kier alpha value is -0.620. The van der Waals surface area contributed by atoms with E-state index in [1.165, 1.54) is 12.8 Å². The van der Waals surface area contributed by atoms with Crippen molar-refractivity contribution in [1.29, 1.82) is 0 Å². The molecule has 122 valence electrons. The number of sulfonamides is 1. The van der Waals surface area contributed by atoms with Crippen molar-refractivity contribution in [2.24, 2.45) is 5.92 Å². The molecule has 0 aromatic rings. The largest absolute Gasteiger partial charge is 0.342 e. The average Bonchev–Trinajstić information content (AvgIpc) is 2.76. The molecule has 21 heavy (non-hydrogen) atoms. The molecule has 2 saturated heterocycles. The molecular formula is C15H28N2O3S. The van der Waals surface area contributed by atoms with E-state index in [1.54, 1.807) is 4.31 Å². The Morgan fingerprint density at radius 2 is 1.57 bits per heavy atom. The second-order valence-electron chi connectivity index (χ2n) is 6.23. The number of carbonyl (C=O) groups is 1. The number of piperidine rings is 1. The van der Waals surface area contributed by atoms with E-state index >= 15 is 0 Å². The molecule has 0 atom stereocenters. The van der Waals surface area contributed by atoms with Crippen molar-refractivity contribution in [3.8, 4) is 0 Å². The molecule has 0 bridgehead atoms. The van der Waals surface area contributed by atoms with E-state index in [2.05, 4.69) is 0 Å². The van der Waals surface area contributed by atoms with E-state index in [-0.39, 0.29) is 17.6 Å². The molecule has 0 aliphatic carbocycles. The Bertz CT molecular complexity index is 434. The summed E-state index contributed by atoms with van der Waals surface area (Å²) in [5, 5.41) is 0. The minimum absolute atomic E-state index is 0.0242. The van der Waals surface area contributed by atoms with Gasteiger partial charge in [0.2, 0.25) is 15.9 Å². The molecule has 5 nitrogen and oxygen atoms in total. The normalized spacial score (nSPS) is 23.0. The second kappa shape index (κ2) is 7.58. The van der Waals surface area contributed by atoms with Gasteiger partial charge in [0.05, 0.1) is 5.75 Å². The predicted molar refractivity (Wildman–Crippen MR) is 83.4 cm³/mol. The number of hydrogen-bond donors (Lipinski definition) is 0. The first-order valence-corrected chi connectivity index (χ1v) is 9.92. The molecule has 2 aliphatic rings. The molecule has 0 N–H and O–H groups in total. The van der Waals surface area contributed by atoms with Crippen LogP contribution in [-0.2, 0) is 14.8 Å². The Kier molecular flexibility index (Phi) is 6.05. The highest BCUT2D eigenvalue weighted by Gasteiger charge is 2.32. The van der Waals surface area contributed by atoms with Crippen LogP contribution in [0.15, 0.2) is 0 Å². The van der Waals surface area contributed by atoms with E-state index in [9.17, 15) is 13.2 Å². The highest BCUT2D eigenvalue weighted by molar-refractivity contribution is 7.89. The van der Waals surface area contributed by atoms with E-state index < -0.39 is 10.0 Å². The van der Waals surface area contributed by atoms with E-state index in [4.69, 9.17) is 0 Å². The smallest absolute Gasteiger partial charge is 0.225 e. The van der Waals surface area contributed by atoms with Gasteiger partial charge in [0.25, 0.3) is 0 Å². The zero-order valence-corrected chi connectivity index (χ0v) is 13.9. The number of nitrogens with zero attached hydrogens (tertiary/aromatic N) is 2. The Morgan fingerprint density at radius 1 is 1.00 bits per heavy atom. The minimum atomic E-state index is -3.10. The first-order valence-electron chi connectivity index (χ1n) is 8.31. The molecule has 0 spiro atoms. The monoisotopic (exact) mass is 316 g/mol. The summed E-state index contributed by atoms with van der Waals surface area (Å²) in [6.07, 6.45) is 6.66. The third-order valence-corrected chi connectivity index (χ3v) is 6.65. The molecule has 0 radical (unpaired) electrons. The van der Waals surface area contributed by atoms with Crippen LogP contribution in [0.1, 0.15) is 51.9 Å². The molecule has 1 amide bonds. The number of amides is 1. The summed E-state index contributed by atoms with van der Waals surface area (Å²) < 4.78 is 25.7. The number of hydrogen-bond acceptors (Lipinski definition) is 3. The maximum absolute atomic E-state index is 12.5. The highest BCUT2D eigenvalue weighted by atomic mass is 32.2. The quantitative estimate of drug-likeness (QED) is 0.795. The summed E-state index contributed by atoms with van der Waals surface area (Å²) in [5.74, 6) is 0.498. The highest BCUT2D eigenvalue weighted by Crippen LogP contribution is 2.23. The van der Waals surface area contributed by atoms with Gasteiger partial charge >= 0.3 is 0 Å². The van der Waals surface area contributed by atoms with Crippen LogP contribution in [-0.4, -0.2) is 55.5 Å². The fraction of sp³-hybridized carbons (Fsp3) is 0.933.